The van der Waals surface area contributed by atoms with Gasteiger partial charge in [0.25, 0.3) is 0 Å². The molecule has 1 amide bonds. The van der Waals surface area contributed by atoms with Crippen LogP contribution in [0.15, 0.2) is 72.0 Å². The highest BCUT2D eigenvalue weighted by Gasteiger charge is 2.17. The second-order valence-corrected chi connectivity index (χ2v) is 8.49. The lowest BCUT2D eigenvalue weighted by Gasteiger charge is -2.11. The first-order chi connectivity index (χ1) is 15.5. The van der Waals surface area contributed by atoms with Crippen molar-refractivity contribution in [2.24, 2.45) is 0 Å². The number of anilines is 1. The highest BCUT2D eigenvalue weighted by molar-refractivity contribution is 7.99. The molecule has 0 saturated carbocycles. The topological polar surface area (TPSA) is 72.7 Å². The lowest BCUT2D eigenvalue weighted by atomic mass is 10.2. The van der Waals surface area contributed by atoms with Crippen LogP contribution in [0.2, 0.25) is 10.0 Å². The first kappa shape index (κ1) is 22.3. The molecular formula is C22H16Cl2FN5OS. The molecule has 1 N–H and O–H groups in total. The van der Waals surface area contributed by atoms with Crippen LogP contribution in [-0.2, 0) is 11.3 Å². The minimum Gasteiger partial charge on any atom is -0.309 e. The quantitative estimate of drug-likeness (QED) is 0.345. The molecule has 0 aliphatic rings. The first-order valence-electron chi connectivity index (χ1n) is 9.46. The van der Waals surface area contributed by atoms with Crippen molar-refractivity contribution in [3.05, 3.63) is 88.3 Å². The molecule has 162 valence electrons. The van der Waals surface area contributed by atoms with E-state index >= 15 is 0 Å². The van der Waals surface area contributed by atoms with Gasteiger partial charge in [-0.25, -0.2) is 9.37 Å². The normalized spacial score (nSPS) is 10.8. The number of hydrogen-bond acceptors (Lipinski definition) is 5. The van der Waals surface area contributed by atoms with Crippen LogP contribution in [-0.4, -0.2) is 31.4 Å². The third-order valence-electron chi connectivity index (χ3n) is 4.40. The molecule has 10 heteroatoms. The van der Waals surface area contributed by atoms with E-state index < -0.39 is 0 Å². The van der Waals surface area contributed by atoms with Crippen LogP contribution in [0.4, 0.5) is 10.2 Å². The Morgan fingerprint density at radius 1 is 1.06 bits per heavy atom. The van der Waals surface area contributed by atoms with Crippen LogP contribution in [0.3, 0.4) is 0 Å². The van der Waals surface area contributed by atoms with E-state index in [4.69, 9.17) is 23.2 Å². The number of nitrogens with zero attached hydrogens (tertiary/aromatic N) is 4. The summed E-state index contributed by atoms with van der Waals surface area (Å²) in [6.45, 7) is 0.495. The Labute approximate surface area is 197 Å². The summed E-state index contributed by atoms with van der Waals surface area (Å²) < 4.78 is 15.3. The minimum atomic E-state index is -0.330. The van der Waals surface area contributed by atoms with Crippen molar-refractivity contribution in [2.75, 3.05) is 11.1 Å². The summed E-state index contributed by atoms with van der Waals surface area (Å²) in [4.78, 5) is 16.5. The van der Waals surface area contributed by atoms with Gasteiger partial charge in [-0.3, -0.25) is 9.36 Å². The Morgan fingerprint density at radius 3 is 2.53 bits per heavy atom. The molecule has 0 radical (unpaired) electrons. The number of rotatable bonds is 7. The first-order valence-corrected chi connectivity index (χ1v) is 11.2. The van der Waals surface area contributed by atoms with Gasteiger partial charge < -0.3 is 5.32 Å². The molecule has 0 aliphatic carbocycles. The van der Waals surface area contributed by atoms with E-state index in [1.54, 1.807) is 12.1 Å². The van der Waals surface area contributed by atoms with Gasteiger partial charge in [0.1, 0.15) is 5.82 Å². The van der Waals surface area contributed by atoms with Gasteiger partial charge in [-0.1, -0.05) is 65.3 Å². The van der Waals surface area contributed by atoms with Gasteiger partial charge in [0, 0.05) is 11.8 Å². The number of carbonyl (C=O) groups excluding carboxylic acids is 1. The maximum absolute atomic E-state index is 13.4. The van der Waals surface area contributed by atoms with E-state index in [0.717, 1.165) is 11.1 Å². The zero-order chi connectivity index (χ0) is 22.5. The van der Waals surface area contributed by atoms with Gasteiger partial charge in [0.15, 0.2) is 16.8 Å². The predicted octanol–water partition coefficient (Wildman–Crippen LogP) is 5.57. The SMILES string of the molecule is O=C(CSc1nnc(-c2ccc(F)cc2)n1Cc1ccccc1)Nc1ncc(Cl)cc1Cl. The predicted molar refractivity (Wildman–Crippen MR) is 125 cm³/mol. The van der Waals surface area contributed by atoms with Crippen molar-refractivity contribution in [3.63, 3.8) is 0 Å². The maximum Gasteiger partial charge on any atom is 0.236 e. The molecule has 0 aliphatic heterocycles. The molecule has 2 aromatic heterocycles. The summed E-state index contributed by atoms with van der Waals surface area (Å²) in [5, 5.41) is 12.4. The summed E-state index contributed by atoms with van der Waals surface area (Å²) in [6, 6.07) is 17.4. The van der Waals surface area contributed by atoms with Crippen LogP contribution in [0, 0.1) is 5.82 Å². The Morgan fingerprint density at radius 2 is 1.81 bits per heavy atom. The lowest BCUT2D eigenvalue weighted by molar-refractivity contribution is -0.113. The number of benzene rings is 2. The molecule has 0 spiro atoms. The summed E-state index contributed by atoms with van der Waals surface area (Å²) in [7, 11) is 0. The molecule has 2 heterocycles. The van der Waals surface area contributed by atoms with Gasteiger partial charge in [-0.2, -0.15) is 0 Å². The minimum absolute atomic E-state index is 0.0664. The van der Waals surface area contributed by atoms with Crippen molar-refractivity contribution in [2.45, 2.75) is 11.7 Å². The fraction of sp³-hybridized carbons (Fsp3) is 0.0909. The smallest absolute Gasteiger partial charge is 0.236 e. The van der Waals surface area contributed by atoms with Crippen LogP contribution < -0.4 is 5.32 Å². The highest BCUT2D eigenvalue weighted by atomic mass is 35.5. The fourth-order valence-corrected chi connectivity index (χ4v) is 4.09. The van der Waals surface area contributed by atoms with Crippen LogP contribution in [0.25, 0.3) is 11.4 Å². The average Bonchev–Trinajstić information content (AvgIpc) is 3.18. The number of pyridine rings is 1. The summed E-state index contributed by atoms with van der Waals surface area (Å²) >= 11 is 13.1. The Kier molecular flexibility index (Phi) is 7.04. The van der Waals surface area contributed by atoms with E-state index in [9.17, 15) is 9.18 Å². The van der Waals surface area contributed by atoms with Crippen molar-refractivity contribution < 1.29 is 9.18 Å². The third-order valence-corrected chi connectivity index (χ3v) is 5.86. The number of amides is 1. The summed E-state index contributed by atoms with van der Waals surface area (Å²) in [6.07, 6.45) is 1.40. The molecule has 6 nitrogen and oxygen atoms in total. The van der Waals surface area contributed by atoms with Crippen molar-refractivity contribution >= 4 is 46.7 Å². The zero-order valence-electron chi connectivity index (χ0n) is 16.5. The monoisotopic (exact) mass is 487 g/mol. The van der Waals surface area contributed by atoms with Crippen molar-refractivity contribution in [1.29, 1.82) is 0 Å². The second kappa shape index (κ2) is 10.1. The zero-order valence-corrected chi connectivity index (χ0v) is 18.8. The lowest BCUT2D eigenvalue weighted by Crippen LogP contribution is -2.16. The number of aromatic nitrogens is 4. The van der Waals surface area contributed by atoms with Gasteiger partial charge >= 0.3 is 0 Å². The van der Waals surface area contributed by atoms with Gasteiger partial charge in [-0.15, -0.1) is 10.2 Å². The van der Waals surface area contributed by atoms with E-state index in [2.05, 4.69) is 20.5 Å². The van der Waals surface area contributed by atoms with Gasteiger partial charge in [-0.05, 0) is 35.9 Å². The standard InChI is InChI=1S/C22H16Cl2FN5OS/c23-16-10-18(24)20(26-11-16)27-19(31)13-32-22-29-28-21(15-6-8-17(25)9-7-15)30(22)12-14-4-2-1-3-5-14/h1-11H,12-13H2,(H,26,27,31). The molecule has 0 unspecified atom stereocenters. The van der Waals surface area contributed by atoms with E-state index in [1.807, 2.05) is 34.9 Å². The molecule has 4 aromatic rings. The second-order valence-electron chi connectivity index (χ2n) is 6.71. The molecule has 0 bridgehead atoms. The number of thioether (sulfide) groups is 1. The average molecular weight is 488 g/mol. The van der Waals surface area contributed by atoms with E-state index in [-0.39, 0.29) is 28.3 Å². The van der Waals surface area contributed by atoms with Crippen molar-refractivity contribution in [3.8, 4) is 11.4 Å². The van der Waals surface area contributed by atoms with Crippen LogP contribution in [0.5, 0.6) is 0 Å². The summed E-state index contributed by atoms with van der Waals surface area (Å²) in [5.74, 6) is 0.253. The molecule has 32 heavy (non-hydrogen) atoms. The van der Waals surface area contributed by atoms with Crippen molar-refractivity contribution in [1.82, 2.24) is 19.7 Å². The maximum atomic E-state index is 13.4. The number of halogens is 3. The van der Waals surface area contributed by atoms with Crippen LogP contribution in [0.1, 0.15) is 5.56 Å². The van der Waals surface area contributed by atoms with Gasteiger partial charge in [0.05, 0.1) is 22.3 Å². The number of carbonyl (C=O) groups is 1. The van der Waals surface area contributed by atoms with Crippen LogP contribution >= 0.6 is 35.0 Å². The highest BCUT2D eigenvalue weighted by Crippen LogP contribution is 2.26. The number of nitrogens with one attached hydrogen (secondary N) is 1. The summed E-state index contributed by atoms with van der Waals surface area (Å²) in [5.41, 5.74) is 1.77. The molecule has 0 atom stereocenters. The fourth-order valence-electron chi connectivity index (χ4n) is 2.92. The molecule has 2 aromatic carbocycles. The Balaban J connectivity index is 1.54. The third kappa shape index (κ3) is 5.45. The Bertz CT molecular complexity index is 1240. The molecule has 0 fully saturated rings. The van der Waals surface area contributed by atoms with E-state index in [0.29, 0.717) is 22.5 Å². The molecular weight excluding hydrogens is 472 g/mol. The molecule has 0 saturated heterocycles. The largest absolute Gasteiger partial charge is 0.309 e. The van der Waals surface area contributed by atoms with Gasteiger partial charge in [0.2, 0.25) is 5.91 Å². The Hall–Kier alpha value is -2.94. The van der Waals surface area contributed by atoms with E-state index in [1.165, 1.54) is 36.2 Å². The molecule has 4 rings (SSSR count). The number of hydrogen-bond donors (Lipinski definition) is 1.